The number of ether oxygens (including phenoxy) is 2. The highest BCUT2D eigenvalue weighted by molar-refractivity contribution is 6.04. The summed E-state index contributed by atoms with van der Waals surface area (Å²) < 4.78 is 15.3. The van der Waals surface area contributed by atoms with Crippen molar-refractivity contribution >= 4 is 35.7 Å². The number of esters is 2. The van der Waals surface area contributed by atoms with Crippen LogP contribution in [0.15, 0.2) is 83.5 Å². The smallest absolute Gasteiger partial charge is 0.331 e. The van der Waals surface area contributed by atoms with E-state index in [2.05, 4.69) is 4.74 Å². The summed E-state index contributed by atoms with van der Waals surface area (Å²) >= 11 is 0. The van der Waals surface area contributed by atoms with Crippen LogP contribution in [-0.2, 0) is 25.6 Å². The van der Waals surface area contributed by atoms with E-state index in [1.54, 1.807) is 41.3 Å². The van der Waals surface area contributed by atoms with Crippen LogP contribution in [0.4, 0.5) is 5.69 Å². The molecule has 186 valence electrons. The molecule has 2 aromatic carbocycles. The Morgan fingerprint density at radius 3 is 2.22 bits per heavy atom. The standard InChI is InChI=1S/C29H29NO6/c1-29(2,3)36-27(32)17-14-21-10-12-23(13-11-21)20-30(28(33)25-9-6-18-35-25)24-8-5-7-22(19-24)15-16-26(31)34-4/h5-19H,20H2,1-4H3/b16-15+,17-14+. The highest BCUT2D eigenvalue weighted by Gasteiger charge is 2.21. The van der Waals surface area contributed by atoms with Gasteiger partial charge in [-0.2, -0.15) is 0 Å². The summed E-state index contributed by atoms with van der Waals surface area (Å²) in [4.78, 5) is 38.3. The zero-order valence-electron chi connectivity index (χ0n) is 20.8. The fourth-order valence-corrected chi connectivity index (χ4v) is 3.26. The number of nitrogens with zero attached hydrogens (tertiary/aromatic N) is 1. The number of anilines is 1. The molecule has 0 radical (unpaired) electrons. The molecular formula is C29H29NO6. The third-order valence-corrected chi connectivity index (χ3v) is 4.91. The van der Waals surface area contributed by atoms with Crippen LogP contribution in [0.2, 0.25) is 0 Å². The van der Waals surface area contributed by atoms with Crippen LogP contribution in [0.1, 0.15) is 48.0 Å². The second kappa shape index (κ2) is 11.8. The number of carbonyl (C=O) groups is 3. The highest BCUT2D eigenvalue weighted by atomic mass is 16.6. The maximum Gasteiger partial charge on any atom is 0.331 e. The summed E-state index contributed by atoms with van der Waals surface area (Å²) in [6.07, 6.45) is 7.46. The van der Waals surface area contributed by atoms with E-state index in [0.29, 0.717) is 5.69 Å². The van der Waals surface area contributed by atoms with E-state index in [-0.39, 0.29) is 18.2 Å². The van der Waals surface area contributed by atoms with Crippen LogP contribution in [0.25, 0.3) is 12.2 Å². The summed E-state index contributed by atoms with van der Waals surface area (Å²) in [5, 5.41) is 0. The average Bonchev–Trinajstić information content (AvgIpc) is 3.39. The second-order valence-corrected chi connectivity index (χ2v) is 8.93. The third-order valence-electron chi connectivity index (χ3n) is 4.91. The summed E-state index contributed by atoms with van der Waals surface area (Å²) in [7, 11) is 1.31. The van der Waals surface area contributed by atoms with Crippen molar-refractivity contribution < 1.29 is 28.3 Å². The van der Waals surface area contributed by atoms with Crippen LogP contribution < -0.4 is 4.90 Å². The topological polar surface area (TPSA) is 86.0 Å². The molecule has 3 rings (SSSR count). The lowest BCUT2D eigenvalue weighted by molar-refractivity contribution is -0.148. The van der Waals surface area contributed by atoms with Crippen LogP contribution in [-0.4, -0.2) is 30.6 Å². The number of rotatable bonds is 8. The number of amides is 1. The monoisotopic (exact) mass is 487 g/mol. The molecule has 0 spiro atoms. The molecule has 0 saturated carbocycles. The average molecular weight is 488 g/mol. The lowest BCUT2D eigenvalue weighted by Crippen LogP contribution is -2.30. The van der Waals surface area contributed by atoms with Crippen molar-refractivity contribution in [2.45, 2.75) is 32.9 Å². The summed E-state index contributed by atoms with van der Waals surface area (Å²) in [5.74, 6) is -0.974. The molecule has 0 aliphatic heterocycles. The molecule has 1 amide bonds. The SMILES string of the molecule is COC(=O)/C=C/c1cccc(N(Cc2ccc(/C=C/C(=O)OC(C)(C)C)cc2)C(=O)c2ccco2)c1. The van der Waals surface area contributed by atoms with Gasteiger partial charge in [-0.1, -0.05) is 36.4 Å². The second-order valence-electron chi connectivity index (χ2n) is 8.93. The quantitative estimate of drug-likeness (QED) is 0.301. The lowest BCUT2D eigenvalue weighted by Gasteiger charge is -2.22. The predicted octanol–water partition coefficient (Wildman–Crippen LogP) is 5.67. The molecular weight excluding hydrogens is 458 g/mol. The largest absolute Gasteiger partial charge is 0.466 e. The molecule has 0 bridgehead atoms. The number of carbonyl (C=O) groups excluding carboxylic acids is 3. The first-order valence-corrected chi connectivity index (χ1v) is 11.4. The van der Waals surface area contributed by atoms with Crippen molar-refractivity contribution in [1.82, 2.24) is 0 Å². The Morgan fingerprint density at radius 2 is 1.58 bits per heavy atom. The van der Waals surface area contributed by atoms with Gasteiger partial charge in [0.15, 0.2) is 5.76 Å². The van der Waals surface area contributed by atoms with Gasteiger partial charge in [0.05, 0.1) is 19.9 Å². The van der Waals surface area contributed by atoms with E-state index in [0.717, 1.165) is 16.7 Å². The Morgan fingerprint density at radius 1 is 0.889 bits per heavy atom. The fourth-order valence-electron chi connectivity index (χ4n) is 3.26. The van der Waals surface area contributed by atoms with E-state index >= 15 is 0 Å². The third kappa shape index (κ3) is 7.84. The lowest BCUT2D eigenvalue weighted by atomic mass is 10.1. The van der Waals surface area contributed by atoms with Crippen LogP contribution in [0.3, 0.4) is 0 Å². The molecule has 1 heterocycles. The van der Waals surface area contributed by atoms with Gasteiger partial charge in [0.25, 0.3) is 5.91 Å². The predicted molar refractivity (Wildman–Crippen MR) is 138 cm³/mol. The molecule has 7 nitrogen and oxygen atoms in total. The maximum atomic E-state index is 13.3. The molecule has 0 unspecified atom stereocenters. The number of furan rings is 1. The Bertz CT molecular complexity index is 1250. The Labute approximate surface area is 210 Å². The van der Waals surface area contributed by atoms with Gasteiger partial charge in [0, 0.05) is 17.8 Å². The Balaban J connectivity index is 1.82. The van der Waals surface area contributed by atoms with Crippen molar-refractivity contribution in [2.75, 3.05) is 12.0 Å². The molecule has 0 saturated heterocycles. The zero-order chi connectivity index (χ0) is 26.1. The van der Waals surface area contributed by atoms with E-state index < -0.39 is 17.5 Å². The number of benzene rings is 2. The van der Waals surface area contributed by atoms with Crippen LogP contribution >= 0.6 is 0 Å². The van der Waals surface area contributed by atoms with Gasteiger partial charge in [0.2, 0.25) is 0 Å². The molecule has 0 aliphatic rings. The van der Waals surface area contributed by atoms with Gasteiger partial charge in [-0.25, -0.2) is 9.59 Å². The van der Waals surface area contributed by atoms with E-state index in [4.69, 9.17) is 9.15 Å². The molecule has 36 heavy (non-hydrogen) atoms. The maximum absolute atomic E-state index is 13.3. The highest BCUT2D eigenvalue weighted by Crippen LogP contribution is 2.23. The van der Waals surface area contributed by atoms with Gasteiger partial charge in [0.1, 0.15) is 5.60 Å². The van der Waals surface area contributed by atoms with Gasteiger partial charge in [-0.05, 0) is 73.9 Å². The van der Waals surface area contributed by atoms with Crippen molar-refractivity contribution in [3.8, 4) is 0 Å². The first-order chi connectivity index (χ1) is 17.1. The van der Waals surface area contributed by atoms with Crippen LogP contribution in [0, 0.1) is 0 Å². The first-order valence-electron chi connectivity index (χ1n) is 11.4. The van der Waals surface area contributed by atoms with E-state index in [1.807, 2.05) is 57.2 Å². The molecule has 0 atom stereocenters. The first kappa shape index (κ1) is 26.2. The normalized spacial score (nSPS) is 11.6. The minimum atomic E-state index is -0.554. The van der Waals surface area contributed by atoms with E-state index in [9.17, 15) is 14.4 Å². The van der Waals surface area contributed by atoms with Crippen molar-refractivity contribution in [1.29, 1.82) is 0 Å². The summed E-state index contributed by atoms with van der Waals surface area (Å²) in [5.41, 5.74) is 2.51. The molecule has 7 heteroatoms. The summed E-state index contributed by atoms with van der Waals surface area (Å²) in [6, 6.07) is 18.0. The molecule has 0 N–H and O–H groups in total. The van der Waals surface area contributed by atoms with Crippen molar-refractivity contribution in [3.63, 3.8) is 0 Å². The number of hydrogen-bond donors (Lipinski definition) is 0. The van der Waals surface area contributed by atoms with Gasteiger partial charge >= 0.3 is 11.9 Å². The fraction of sp³-hybridized carbons (Fsp3) is 0.207. The zero-order valence-corrected chi connectivity index (χ0v) is 20.8. The van der Waals surface area contributed by atoms with Gasteiger partial charge in [-0.15, -0.1) is 0 Å². The summed E-state index contributed by atoms with van der Waals surface area (Å²) in [6.45, 7) is 5.72. The van der Waals surface area contributed by atoms with Gasteiger partial charge < -0.3 is 18.8 Å². The molecule has 0 aliphatic carbocycles. The number of hydrogen-bond acceptors (Lipinski definition) is 6. The van der Waals surface area contributed by atoms with Crippen LogP contribution in [0.5, 0.6) is 0 Å². The van der Waals surface area contributed by atoms with Crippen molar-refractivity contribution in [2.24, 2.45) is 0 Å². The van der Waals surface area contributed by atoms with Crippen molar-refractivity contribution in [3.05, 3.63) is 102 Å². The number of methoxy groups -OCH3 is 1. The molecule has 0 fully saturated rings. The molecule has 1 aromatic heterocycles. The Hall–Kier alpha value is -4.39. The minimum absolute atomic E-state index is 0.211. The van der Waals surface area contributed by atoms with Gasteiger partial charge in [-0.3, -0.25) is 4.79 Å². The minimum Gasteiger partial charge on any atom is -0.466 e. The Kier molecular flexibility index (Phi) is 8.62. The molecule has 3 aromatic rings. The van der Waals surface area contributed by atoms with E-state index in [1.165, 1.54) is 25.5 Å².